The van der Waals surface area contributed by atoms with E-state index in [4.69, 9.17) is 56.4 Å². The lowest BCUT2D eigenvalue weighted by Gasteiger charge is -2.41. The number of aromatic nitrogens is 5. The zero-order valence-corrected chi connectivity index (χ0v) is 37.2. The summed E-state index contributed by atoms with van der Waals surface area (Å²) in [5.41, 5.74) is 9.71. The van der Waals surface area contributed by atoms with E-state index in [1.54, 1.807) is 67.3 Å². The van der Waals surface area contributed by atoms with E-state index in [9.17, 15) is 20.4 Å². The highest BCUT2D eigenvalue weighted by Crippen LogP contribution is 2.56. The van der Waals surface area contributed by atoms with Crippen LogP contribution in [-0.2, 0) is 35.4 Å². The number of hydrogen-bond donors (Lipinski definition) is 6. The van der Waals surface area contributed by atoms with Crippen LogP contribution in [0.4, 0.5) is 0 Å². The van der Waals surface area contributed by atoms with Crippen molar-refractivity contribution in [3.63, 3.8) is 0 Å². The summed E-state index contributed by atoms with van der Waals surface area (Å²) >= 11 is 32.0. The molecule has 16 heteroatoms. The number of aliphatic hydroxyl groups is 4. The van der Waals surface area contributed by atoms with Gasteiger partial charge in [0.1, 0.15) is 0 Å². The minimum absolute atomic E-state index is 0.0811. The van der Waals surface area contributed by atoms with Crippen LogP contribution >= 0.6 is 46.4 Å². The number of H-pyrrole nitrogens is 1. The number of nitrogens with one attached hydrogen (secondary N) is 2. The molecule has 326 valence electrons. The van der Waals surface area contributed by atoms with Crippen LogP contribution in [0.5, 0.6) is 0 Å². The highest BCUT2D eigenvalue weighted by molar-refractivity contribution is 6.47. The molecule has 0 aliphatic carbocycles. The number of aliphatic hydroxyl groups excluding tert-OH is 4. The highest BCUT2D eigenvalue weighted by Gasteiger charge is 2.60. The van der Waals surface area contributed by atoms with Gasteiger partial charge in [-0.1, -0.05) is 23.2 Å². The van der Waals surface area contributed by atoms with Gasteiger partial charge in [-0.2, -0.15) is 0 Å². The number of alkyl halides is 4. The fraction of sp³-hybridized carbons (Fsp3) is 0.250. The Morgan fingerprint density at radius 2 is 1.09 bits per heavy atom. The third-order valence-corrected chi connectivity index (χ3v) is 14.3. The topological polar surface area (TPSA) is 185 Å². The third-order valence-electron chi connectivity index (χ3n) is 11.7. The van der Waals surface area contributed by atoms with E-state index in [2.05, 4.69) is 30.2 Å². The van der Waals surface area contributed by atoms with Crippen molar-refractivity contribution in [2.45, 2.75) is 45.4 Å². The monoisotopic (exact) mass is 934 g/mol. The van der Waals surface area contributed by atoms with Crippen LogP contribution in [0.3, 0.4) is 0 Å². The minimum Gasteiger partial charge on any atom is -0.396 e. The van der Waals surface area contributed by atoms with Crippen LogP contribution in [0.1, 0.15) is 56.4 Å². The van der Waals surface area contributed by atoms with Crippen molar-refractivity contribution < 1.29 is 20.4 Å². The van der Waals surface area contributed by atoms with Gasteiger partial charge in [-0.05, 0) is 119 Å². The summed E-state index contributed by atoms with van der Waals surface area (Å²) in [6.07, 6.45) is 18.8. The number of rotatable bonds is 12. The average Bonchev–Trinajstić information content (AvgIpc) is 4.14. The smallest absolute Gasteiger partial charge is 0.181 e. The number of halogens is 4. The van der Waals surface area contributed by atoms with Crippen molar-refractivity contribution in [1.82, 2.24) is 30.2 Å². The van der Waals surface area contributed by atoms with E-state index in [0.29, 0.717) is 86.4 Å². The number of fused-ring (bicyclic) bond motifs is 6. The predicted octanol–water partition coefficient (Wildman–Crippen LogP) is 6.59. The summed E-state index contributed by atoms with van der Waals surface area (Å²) in [5.74, 6) is 0. The Bertz CT molecular complexity index is 2870. The fourth-order valence-electron chi connectivity index (χ4n) is 8.66. The molecule has 12 nitrogen and oxygen atoms in total. The summed E-state index contributed by atoms with van der Waals surface area (Å²) < 4.78 is 0. The average molecular weight is 937 g/mol. The molecule has 4 unspecified atom stereocenters. The fourth-order valence-corrected chi connectivity index (χ4v) is 10.1. The molecule has 0 radical (unpaired) electrons. The number of pyridine rings is 4. The summed E-state index contributed by atoms with van der Waals surface area (Å²) in [5, 5.41) is 43.2. The van der Waals surface area contributed by atoms with Crippen LogP contribution in [0.2, 0.25) is 0 Å². The molecule has 4 atom stereocenters. The standard InChI is InChI=1S/C48H42Cl4N8O4/c49-45-15-5-40(59-45)44(30-8-18-54-34(26-30)12-22-62)38-2-1-37(57-38)43(29-7-17-53-33(25-29)11-21-61)39-3-4-41(58-39)47(51,31-9-19-55-35(27-31)13-23-63)46(50)16-6-42(60-46)48(45,52)32-10-20-56-36(28-32)14-24-64/h1-10,15-20,25-28,58-59,61-64H,11-14,21-24H2. The molecule has 6 N–H and O–H groups in total. The largest absolute Gasteiger partial charge is 0.396 e. The van der Waals surface area contributed by atoms with Gasteiger partial charge < -0.3 is 30.7 Å². The number of allylic oxidation sites excluding steroid dienone is 5. The molecule has 4 aliphatic heterocycles. The summed E-state index contributed by atoms with van der Waals surface area (Å²) in [7, 11) is 0. The lowest BCUT2D eigenvalue weighted by atomic mass is 9.85. The molecule has 4 aliphatic rings. The van der Waals surface area contributed by atoms with Gasteiger partial charge in [0.25, 0.3) is 0 Å². The molecule has 9 rings (SSSR count). The third kappa shape index (κ3) is 7.55. The molecule has 0 fully saturated rings. The maximum atomic E-state index is 9.93. The first-order valence-electron chi connectivity index (χ1n) is 20.7. The van der Waals surface area contributed by atoms with Gasteiger partial charge in [0.2, 0.25) is 0 Å². The zero-order valence-electron chi connectivity index (χ0n) is 34.2. The Hall–Kier alpha value is -5.28. The normalized spacial score (nSPS) is 24.7. The van der Waals surface area contributed by atoms with Gasteiger partial charge in [0.05, 0.1) is 17.1 Å². The molecule has 0 saturated heterocycles. The van der Waals surface area contributed by atoms with Gasteiger partial charge >= 0.3 is 0 Å². The second-order valence-electron chi connectivity index (χ2n) is 15.7. The molecule has 5 aromatic rings. The van der Waals surface area contributed by atoms with Gasteiger partial charge in [0.15, 0.2) is 19.7 Å². The molecular weight excluding hydrogens is 894 g/mol. The molecule has 0 amide bonds. The first-order chi connectivity index (χ1) is 31.0. The van der Waals surface area contributed by atoms with Crippen LogP contribution in [-0.4, -0.2) is 93.2 Å². The van der Waals surface area contributed by atoms with E-state index < -0.39 is 19.7 Å². The molecule has 8 bridgehead atoms. The van der Waals surface area contributed by atoms with E-state index >= 15 is 0 Å². The van der Waals surface area contributed by atoms with E-state index in [-0.39, 0.29) is 45.0 Å². The Morgan fingerprint density at radius 3 is 1.69 bits per heavy atom. The number of nitrogens with zero attached hydrogens (tertiary/aromatic N) is 6. The van der Waals surface area contributed by atoms with Crippen LogP contribution < -0.4 is 5.32 Å². The molecule has 0 saturated carbocycles. The number of aliphatic imine (C=N–C) groups is 2. The zero-order chi connectivity index (χ0) is 44.7. The van der Waals surface area contributed by atoms with Gasteiger partial charge in [-0.3, -0.25) is 24.9 Å². The number of hydrogen-bond acceptors (Lipinski definition) is 11. The molecular formula is C48H42Cl4N8O4. The SMILES string of the molecule is OCCc1cc(C2=C3C=CC(Cl)(N3)C(Cl)(c3ccnc(CCO)c3)C3=NC(Cl)(C=C3)C(Cl)(c3ccnc(CCO)c3)c3ccc([nH]3)C(c3ccnc(CCO)c3)=C3C=CC2=N3)ccn1. The van der Waals surface area contributed by atoms with Crippen molar-refractivity contribution >= 4 is 69.0 Å². The summed E-state index contributed by atoms with van der Waals surface area (Å²) in [6, 6.07) is 18.5. The van der Waals surface area contributed by atoms with E-state index in [0.717, 1.165) is 11.1 Å². The first-order valence-corrected chi connectivity index (χ1v) is 22.2. The van der Waals surface area contributed by atoms with Crippen LogP contribution in [0.15, 0.2) is 143 Å². The van der Waals surface area contributed by atoms with Crippen molar-refractivity contribution in [2.24, 2.45) is 9.98 Å². The van der Waals surface area contributed by atoms with Gasteiger partial charge in [-0.25, -0.2) is 4.99 Å². The van der Waals surface area contributed by atoms with Gasteiger partial charge in [0, 0.05) is 128 Å². The molecule has 0 aromatic carbocycles. The van der Waals surface area contributed by atoms with E-state index in [1.165, 1.54) is 0 Å². The number of aromatic amines is 1. The Kier molecular flexibility index (Phi) is 12.1. The van der Waals surface area contributed by atoms with E-state index in [1.807, 2.05) is 54.6 Å². The molecule has 5 aromatic heterocycles. The minimum atomic E-state index is -1.77. The second-order valence-corrected chi connectivity index (χ2v) is 18.0. The molecule has 0 spiro atoms. The Balaban J connectivity index is 1.37. The van der Waals surface area contributed by atoms with Crippen LogP contribution in [0, 0.1) is 0 Å². The lowest BCUT2D eigenvalue weighted by Crippen LogP contribution is -2.54. The van der Waals surface area contributed by atoms with Crippen molar-refractivity contribution in [1.29, 1.82) is 0 Å². The van der Waals surface area contributed by atoms with Crippen molar-refractivity contribution in [3.8, 4) is 0 Å². The van der Waals surface area contributed by atoms with Crippen LogP contribution in [0.25, 0.3) is 11.1 Å². The molecule has 64 heavy (non-hydrogen) atoms. The lowest BCUT2D eigenvalue weighted by molar-refractivity contribution is 0.298. The maximum absolute atomic E-state index is 9.93. The van der Waals surface area contributed by atoms with Gasteiger partial charge in [-0.15, -0.1) is 23.2 Å². The summed E-state index contributed by atoms with van der Waals surface area (Å²) in [4.78, 5) is 25.4. The second kappa shape index (κ2) is 17.6. The Morgan fingerprint density at radius 1 is 0.547 bits per heavy atom. The maximum Gasteiger partial charge on any atom is 0.181 e. The first kappa shape index (κ1) is 43.9. The Labute approximate surface area is 389 Å². The predicted molar refractivity (Wildman–Crippen MR) is 251 cm³/mol. The van der Waals surface area contributed by atoms with Crippen molar-refractivity contribution in [2.75, 3.05) is 26.4 Å². The summed E-state index contributed by atoms with van der Waals surface area (Å²) in [6.45, 7) is -0.444. The van der Waals surface area contributed by atoms with Crippen molar-refractivity contribution in [3.05, 3.63) is 190 Å². The molecule has 9 heterocycles. The quantitative estimate of drug-likeness (QED) is 0.0594. The highest BCUT2D eigenvalue weighted by atomic mass is 35.5.